The van der Waals surface area contributed by atoms with E-state index in [1.807, 2.05) is 25.1 Å². The molecule has 1 aliphatic rings. The molecule has 0 saturated heterocycles. The second-order valence-corrected chi connectivity index (χ2v) is 5.78. The molecule has 0 radical (unpaired) electrons. The number of anilines is 1. The summed E-state index contributed by atoms with van der Waals surface area (Å²) >= 11 is 0. The number of hydrogen-bond acceptors (Lipinski definition) is 4. The van der Waals surface area contributed by atoms with E-state index in [0.29, 0.717) is 12.4 Å². The fourth-order valence-corrected chi connectivity index (χ4v) is 2.69. The number of hydrogen-bond donors (Lipinski definition) is 2. The summed E-state index contributed by atoms with van der Waals surface area (Å²) < 4.78 is 10.9. The van der Waals surface area contributed by atoms with Crippen LogP contribution in [0.1, 0.15) is 26.7 Å². The van der Waals surface area contributed by atoms with Crippen LogP contribution in [0.3, 0.4) is 0 Å². The van der Waals surface area contributed by atoms with Gasteiger partial charge in [-0.05, 0) is 38.4 Å². The van der Waals surface area contributed by atoms with Crippen LogP contribution in [0.15, 0.2) is 23.2 Å². The summed E-state index contributed by atoms with van der Waals surface area (Å²) in [5.41, 5.74) is 0.915. The van der Waals surface area contributed by atoms with Crippen LogP contribution in [-0.2, 0) is 0 Å². The Bertz CT molecular complexity index is 544. The maximum Gasteiger partial charge on any atom is 0.195 e. The van der Waals surface area contributed by atoms with Gasteiger partial charge in [-0.1, -0.05) is 6.92 Å². The van der Waals surface area contributed by atoms with Gasteiger partial charge >= 0.3 is 0 Å². The molecule has 134 valence electrons. The highest BCUT2D eigenvalue weighted by Crippen LogP contribution is 2.30. The Morgan fingerprint density at radius 1 is 1.29 bits per heavy atom. The number of nitrogens with one attached hydrogen (secondary N) is 2. The summed E-state index contributed by atoms with van der Waals surface area (Å²) in [5, 5.41) is 6.66. The van der Waals surface area contributed by atoms with Gasteiger partial charge in [0.1, 0.15) is 0 Å². The monoisotopic (exact) mass is 334 g/mol. The van der Waals surface area contributed by atoms with E-state index in [4.69, 9.17) is 9.47 Å². The molecule has 1 aromatic carbocycles. The minimum atomic E-state index is 0.612. The van der Waals surface area contributed by atoms with E-state index in [0.717, 1.165) is 43.1 Å². The van der Waals surface area contributed by atoms with Gasteiger partial charge in [0.2, 0.25) is 0 Å². The Morgan fingerprint density at radius 3 is 2.67 bits per heavy atom. The molecule has 2 rings (SSSR count). The van der Waals surface area contributed by atoms with Gasteiger partial charge < -0.3 is 20.1 Å². The molecule has 6 nitrogen and oxygen atoms in total. The van der Waals surface area contributed by atoms with E-state index in [1.165, 1.54) is 12.8 Å². The fourth-order valence-electron chi connectivity index (χ4n) is 2.69. The van der Waals surface area contributed by atoms with Gasteiger partial charge in [0.25, 0.3) is 0 Å². The molecule has 6 heteroatoms. The van der Waals surface area contributed by atoms with Gasteiger partial charge in [-0.15, -0.1) is 0 Å². The van der Waals surface area contributed by atoms with E-state index in [-0.39, 0.29) is 0 Å². The maximum absolute atomic E-state index is 5.54. The molecule has 0 spiro atoms. The minimum Gasteiger partial charge on any atom is -0.493 e. The number of methoxy groups -OCH3 is 1. The van der Waals surface area contributed by atoms with Gasteiger partial charge in [-0.3, -0.25) is 9.89 Å². The van der Waals surface area contributed by atoms with Crippen molar-refractivity contribution in [2.24, 2.45) is 4.99 Å². The van der Waals surface area contributed by atoms with Gasteiger partial charge in [0, 0.05) is 37.9 Å². The van der Waals surface area contributed by atoms with Crippen LogP contribution < -0.4 is 20.1 Å². The largest absolute Gasteiger partial charge is 0.493 e. The van der Waals surface area contributed by atoms with Crippen molar-refractivity contribution in [3.8, 4) is 11.5 Å². The molecule has 0 aromatic heterocycles. The van der Waals surface area contributed by atoms with E-state index in [1.54, 1.807) is 14.2 Å². The van der Waals surface area contributed by atoms with Crippen molar-refractivity contribution < 1.29 is 9.47 Å². The molecule has 0 heterocycles. The molecule has 2 N–H and O–H groups in total. The Kier molecular flexibility index (Phi) is 7.18. The van der Waals surface area contributed by atoms with Crippen molar-refractivity contribution in [3.05, 3.63) is 18.2 Å². The smallest absolute Gasteiger partial charge is 0.195 e. The SMILES string of the molecule is CCOc1ccc(NC(=NC)NCCN(CC)C2CC2)cc1OC. The predicted molar refractivity (Wildman–Crippen MR) is 99.4 cm³/mol. The Labute approximate surface area is 145 Å². The zero-order valence-electron chi connectivity index (χ0n) is 15.3. The number of benzene rings is 1. The number of guanidine groups is 1. The second-order valence-electron chi connectivity index (χ2n) is 5.78. The molecule has 0 unspecified atom stereocenters. The molecule has 24 heavy (non-hydrogen) atoms. The predicted octanol–water partition coefficient (Wildman–Crippen LogP) is 2.57. The van der Waals surface area contributed by atoms with Crippen LogP contribution in [0, 0.1) is 0 Å². The highest BCUT2D eigenvalue weighted by Gasteiger charge is 2.27. The van der Waals surface area contributed by atoms with Gasteiger partial charge in [0.15, 0.2) is 17.5 Å². The lowest BCUT2D eigenvalue weighted by molar-refractivity contribution is 0.282. The van der Waals surface area contributed by atoms with Crippen LogP contribution in [0.2, 0.25) is 0 Å². The second kappa shape index (κ2) is 9.37. The summed E-state index contributed by atoms with van der Waals surface area (Å²) in [4.78, 5) is 6.80. The van der Waals surface area contributed by atoms with Crippen molar-refractivity contribution in [1.29, 1.82) is 0 Å². The standard InChI is InChI=1S/C18H30N4O2/c1-5-22(15-8-9-15)12-11-20-18(19-3)21-14-7-10-16(24-6-2)17(13-14)23-4/h7,10,13,15H,5-6,8-9,11-12H2,1-4H3,(H2,19,20,21). The molecule has 1 aromatic rings. The Morgan fingerprint density at radius 2 is 2.08 bits per heavy atom. The first-order valence-electron chi connectivity index (χ1n) is 8.74. The number of nitrogens with zero attached hydrogens (tertiary/aromatic N) is 2. The molecular formula is C18H30N4O2. The van der Waals surface area contributed by atoms with Crippen molar-refractivity contribution in [3.63, 3.8) is 0 Å². The lowest BCUT2D eigenvalue weighted by Gasteiger charge is -2.21. The maximum atomic E-state index is 5.54. The highest BCUT2D eigenvalue weighted by molar-refractivity contribution is 5.93. The summed E-state index contributed by atoms with van der Waals surface area (Å²) in [6, 6.07) is 6.58. The number of rotatable bonds is 9. The lowest BCUT2D eigenvalue weighted by Crippen LogP contribution is -2.38. The third-order valence-electron chi connectivity index (χ3n) is 4.11. The van der Waals surface area contributed by atoms with Crippen LogP contribution in [0.5, 0.6) is 11.5 Å². The highest BCUT2D eigenvalue weighted by atomic mass is 16.5. The lowest BCUT2D eigenvalue weighted by atomic mass is 10.2. The molecule has 0 bridgehead atoms. The topological polar surface area (TPSA) is 58.1 Å². The van der Waals surface area contributed by atoms with Gasteiger partial charge in [0.05, 0.1) is 13.7 Å². The summed E-state index contributed by atoms with van der Waals surface area (Å²) in [7, 11) is 3.42. The first-order valence-corrected chi connectivity index (χ1v) is 8.74. The average molecular weight is 334 g/mol. The Hall–Kier alpha value is -1.95. The summed E-state index contributed by atoms with van der Waals surface area (Å²) in [6.07, 6.45) is 2.68. The van der Waals surface area contributed by atoms with E-state index in [2.05, 4.69) is 27.4 Å². The van der Waals surface area contributed by atoms with Gasteiger partial charge in [-0.2, -0.15) is 0 Å². The normalized spacial score (nSPS) is 14.6. The first-order chi connectivity index (χ1) is 11.7. The zero-order valence-corrected chi connectivity index (χ0v) is 15.3. The minimum absolute atomic E-state index is 0.612. The summed E-state index contributed by atoms with van der Waals surface area (Å²) in [6.45, 7) is 7.80. The van der Waals surface area contributed by atoms with Crippen molar-refractivity contribution >= 4 is 11.6 Å². The molecule has 0 amide bonds. The van der Waals surface area contributed by atoms with Crippen LogP contribution in [0.4, 0.5) is 5.69 Å². The van der Waals surface area contributed by atoms with Crippen LogP contribution in [-0.4, -0.2) is 57.3 Å². The van der Waals surface area contributed by atoms with Crippen molar-refractivity contribution in [2.45, 2.75) is 32.7 Å². The third kappa shape index (κ3) is 5.30. The van der Waals surface area contributed by atoms with E-state index < -0.39 is 0 Å². The van der Waals surface area contributed by atoms with Crippen molar-refractivity contribution in [1.82, 2.24) is 10.2 Å². The molecule has 1 aliphatic carbocycles. The number of ether oxygens (including phenoxy) is 2. The number of aliphatic imine (C=N–C) groups is 1. The van der Waals surface area contributed by atoms with Crippen LogP contribution in [0.25, 0.3) is 0 Å². The fraction of sp³-hybridized carbons (Fsp3) is 0.611. The van der Waals surface area contributed by atoms with E-state index in [9.17, 15) is 0 Å². The molecule has 1 saturated carbocycles. The van der Waals surface area contributed by atoms with Gasteiger partial charge in [-0.25, -0.2) is 0 Å². The molecule has 0 atom stereocenters. The third-order valence-corrected chi connectivity index (χ3v) is 4.11. The molecular weight excluding hydrogens is 304 g/mol. The number of likely N-dealkylation sites (N-methyl/N-ethyl adjacent to an activating group) is 1. The first kappa shape index (κ1) is 18.4. The molecule has 0 aliphatic heterocycles. The quantitative estimate of drug-likeness (QED) is 0.537. The summed E-state index contributed by atoms with van der Waals surface area (Å²) in [5.74, 6) is 2.22. The Balaban J connectivity index is 1.87. The molecule has 1 fully saturated rings. The van der Waals surface area contributed by atoms with Crippen LogP contribution >= 0.6 is 0 Å². The zero-order chi connectivity index (χ0) is 17.4. The van der Waals surface area contributed by atoms with E-state index >= 15 is 0 Å². The van der Waals surface area contributed by atoms with Crippen molar-refractivity contribution in [2.75, 3.05) is 45.7 Å². The average Bonchev–Trinajstić information content (AvgIpc) is 3.44.